The number of ether oxygens (including phenoxy) is 8. The van der Waals surface area contributed by atoms with Crippen LogP contribution in [0.25, 0.3) is 0 Å². The maximum Gasteiger partial charge on any atom is 0.172 e. The highest BCUT2D eigenvalue weighted by molar-refractivity contribution is 5.79. The molecule has 8 saturated heterocycles. The molecule has 292 valence electrons. The van der Waals surface area contributed by atoms with Crippen molar-refractivity contribution in [2.45, 2.75) is 194 Å². The number of carbonyl (C=O) groups excluding carboxylic acids is 1. The second-order valence-corrected chi connectivity index (χ2v) is 17.2. The Hall–Kier alpha value is -1.29. The van der Waals surface area contributed by atoms with E-state index in [-0.39, 0.29) is 104 Å². The molecular weight excluding hydrogens is 670 g/mol. The third-order valence-electron chi connectivity index (χ3n) is 13.6. The van der Waals surface area contributed by atoms with Gasteiger partial charge in [-0.15, -0.1) is 0 Å². The monoisotopic (exact) mass is 731 g/mol. The fourth-order valence-corrected chi connectivity index (χ4v) is 10.8. The van der Waals surface area contributed by atoms with Gasteiger partial charge in [-0.1, -0.05) is 20.1 Å². The molecule has 0 saturated carbocycles. The summed E-state index contributed by atoms with van der Waals surface area (Å²) in [6.45, 7) is 11.2. The molecule has 0 radical (unpaired) electrons. The van der Waals surface area contributed by atoms with Crippen LogP contribution in [0, 0.1) is 11.8 Å². The molecule has 0 aliphatic carbocycles. The number of aliphatic hydroxyl groups excluding tert-OH is 2. The third kappa shape index (κ3) is 7.48. The molecule has 8 fully saturated rings. The largest absolute Gasteiger partial charge is 0.392 e. The Labute approximate surface area is 308 Å². The van der Waals surface area contributed by atoms with E-state index < -0.39 is 30.2 Å². The summed E-state index contributed by atoms with van der Waals surface area (Å²) in [6.07, 6.45) is 3.90. The molecule has 8 aliphatic rings. The number of fused-ring (bicyclic) bond motifs is 9. The van der Waals surface area contributed by atoms with E-state index in [1.165, 1.54) is 0 Å². The Morgan fingerprint density at radius 2 is 1.63 bits per heavy atom. The van der Waals surface area contributed by atoms with Gasteiger partial charge in [-0.25, -0.2) is 0 Å². The van der Waals surface area contributed by atoms with Crippen molar-refractivity contribution in [3.8, 4) is 0 Å². The van der Waals surface area contributed by atoms with Gasteiger partial charge in [0.1, 0.15) is 18.0 Å². The van der Waals surface area contributed by atoms with E-state index in [4.69, 9.17) is 43.6 Å². The van der Waals surface area contributed by atoms with E-state index >= 15 is 0 Å². The molecule has 0 aromatic heterocycles. The van der Waals surface area contributed by atoms with E-state index in [2.05, 4.69) is 20.1 Å². The smallest absolute Gasteiger partial charge is 0.172 e. The number of nitrogens with two attached hydrogens (primary N) is 1. The van der Waals surface area contributed by atoms with E-state index in [1.807, 2.05) is 0 Å². The zero-order valence-corrected chi connectivity index (χ0v) is 31.0. The molecule has 12 heteroatoms. The van der Waals surface area contributed by atoms with Gasteiger partial charge < -0.3 is 53.8 Å². The van der Waals surface area contributed by atoms with Crippen LogP contribution in [0.3, 0.4) is 0 Å². The van der Waals surface area contributed by atoms with Gasteiger partial charge in [0.05, 0.1) is 79.4 Å². The molecule has 8 heterocycles. The minimum Gasteiger partial charge on any atom is -0.392 e. The average Bonchev–Trinajstić information content (AvgIpc) is 3.72. The highest BCUT2D eigenvalue weighted by Gasteiger charge is 2.59. The quantitative estimate of drug-likeness (QED) is 0.363. The van der Waals surface area contributed by atoms with Crippen LogP contribution < -0.4 is 5.73 Å². The summed E-state index contributed by atoms with van der Waals surface area (Å²) in [5.41, 5.74) is 7.96. The fraction of sp³-hybridized carbons (Fsp3) is 0.875. The van der Waals surface area contributed by atoms with Crippen molar-refractivity contribution in [3.63, 3.8) is 0 Å². The predicted octanol–water partition coefficient (Wildman–Crippen LogP) is 3.42. The summed E-state index contributed by atoms with van der Waals surface area (Å²) in [4.78, 5) is 14.0. The number of methoxy groups -OCH3 is 1. The summed E-state index contributed by atoms with van der Waals surface area (Å²) in [5.74, 6) is -0.819. The normalized spacial score (nSPS) is 50.4. The second kappa shape index (κ2) is 15.3. The molecular formula is C40H61NO11. The highest BCUT2D eigenvalue weighted by atomic mass is 16.7. The van der Waals surface area contributed by atoms with Gasteiger partial charge >= 0.3 is 0 Å². The molecule has 0 aromatic carbocycles. The van der Waals surface area contributed by atoms with Crippen molar-refractivity contribution >= 4 is 5.78 Å². The topological polar surface area (TPSA) is 157 Å². The zero-order chi connectivity index (χ0) is 36.3. The average molecular weight is 732 g/mol. The lowest BCUT2D eigenvalue weighted by atomic mass is 9.81. The molecule has 8 aliphatic heterocycles. The molecule has 4 N–H and O–H groups in total. The van der Waals surface area contributed by atoms with Gasteiger partial charge in [-0.05, 0) is 62.0 Å². The minimum atomic E-state index is -0.947. The van der Waals surface area contributed by atoms with Crippen LogP contribution in [0.15, 0.2) is 24.3 Å². The van der Waals surface area contributed by atoms with Gasteiger partial charge in [0.2, 0.25) is 0 Å². The Kier molecular flexibility index (Phi) is 11.1. The van der Waals surface area contributed by atoms with Crippen molar-refractivity contribution in [1.82, 2.24) is 0 Å². The van der Waals surface area contributed by atoms with Gasteiger partial charge in [0, 0.05) is 64.5 Å². The van der Waals surface area contributed by atoms with Crippen molar-refractivity contribution in [3.05, 3.63) is 24.3 Å². The van der Waals surface area contributed by atoms with Crippen LogP contribution >= 0.6 is 0 Å². The Morgan fingerprint density at radius 1 is 0.846 bits per heavy atom. The number of ketones is 1. The number of Topliss-reactive ketones (excluding diaryl/α,β-unsaturated/α-hetero) is 1. The molecule has 1 spiro atoms. The first kappa shape index (κ1) is 37.6. The lowest BCUT2D eigenvalue weighted by Crippen LogP contribution is -2.58. The van der Waals surface area contributed by atoms with Crippen molar-refractivity contribution < 1.29 is 52.9 Å². The minimum absolute atomic E-state index is 0.00397. The molecule has 52 heavy (non-hydrogen) atoms. The first-order chi connectivity index (χ1) is 25.0. The highest BCUT2D eigenvalue weighted by Crippen LogP contribution is 2.49. The van der Waals surface area contributed by atoms with Crippen LogP contribution in [0.2, 0.25) is 0 Å². The SMILES string of the molecule is C=C1C[C@@H]2CC[C@]34C[C@@H](O)C(O3)C3CC(O4)[C@H]4OC(CC[C@@H]4O3)CC(=O)CC3C(OC)C(CC(O)CN)O[C@H]3C[C@H]3O[C@@H](CCC1O2)C[C@@H](C)C3=C. The van der Waals surface area contributed by atoms with Crippen molar-refractivity contribution in [2.24, 2.45) is 17.6 Å². The first-order valence-electron chi connectivity index (χ1n) is 20.1. The second-order valence-electron chi connectivity index (χ2n) is 17.2. The number of aliphatic hydroxyl groups is 2. The van der Waals surface area contributed by atoms with E-state index in [0.29, 0.717) is 38.5 Å². The lowest BCUT2D eigenvalue weighted by Gasteiger charge is -2.47. The van der Waals surface area contributed by atoms with Gasteiger partial charge in [-0.2, -0.15) is 0 Å². The van der Waals surface area contributed by atoms with Crippen LogP contribution in [0.1, 0.15) is 96.8 Å². The lowest BCUT2D eigenvalue weighted by molar-refractivity contribution is -0.277. The van der Waals surface area contributed by atoms with Gasteiger partial charge in [0.15, 0.2) is 5.79 Å². The molecule has 12 nitrogen and oxygen atoms in total. The van der Waals surface area contributed by atoms with Crippen LogP contribution in [-0.4, -0.2) is 127 Å². The van der Waals surface area contributed by atoms with Gasteiger partial charge in [0.25, 0.3) is 0 Å². The van der Waals surface area contributed by atoms with E-state index in [1.54, 1.807) is 7.11 Å². The summed E-state index contributed by atoms with van der Waals surface area (Å²) in [6, 6.07) is 0. The third-order valence-corrected chi connectivity index (χ3v) is 13.6. The molecule has 8 rings (SSSR count). The van der Waals surface area contributed by atoms with Crippen molar-refractivity contribution in [1.29, 1.82) is 0 Å². The predicted molar refractivity (Wildman–Crippen MR) is 188 cm³/mol. The zero-order valence-electron chi connectivity index (χ0n) is 31.0. The number of rotatable bonds is 4. The van der Waals surface area contributed by atoms with Crippen LogP contribution in [0.4, 0.5) is 0 Å². The molecule has 10 bridgehead atoms. The summed E-state index contributed by atoms with van der Waals surface area (Å²) in [7, 11) is 1.65. The van der Waals surface area contributed by atoms with Gasteiger partial charge in [-0.3, -0.25) is 4.79 Å². The number of carbonyl (C=O) groups is 1. The van der Waals surface area contributed by atoms with Crippen LogP contribution in [0.5, 0.6) is 0 Å². The van der Waals surface area contributed by atoms with E-state index in [9.17, 15) is 15.0 Å². The molecule has 9 unspecified atom stereocenters. The molecule has 0 aromatic rings. The number of hydrogen-bond acceptors (Lipinski definition) is 12. The maximum absolute atomic E-state index is 14.0. The number of hydrogen-bond donors (Lipinski definition) is 3. The van der Waals surface area contributed by atoms with Crippen LogP contribution in [-0.2, 0) is 42.7 Å². The first-order valence-corrected chi connectivity index (χ1v) is 20.1. The van der Waals surface area contributed by atoms with Crippen molar-refractivity contribution in [2.75, 3.05) is 13.7 Å². The fourth-order valence-electron chi connectivity index (χ4n) is 10.8. The standard InChI is InChI=1S/C40H61NO11/c1-20-11-25-5-7-30-21(2)12-27(46-30)9-10-40-18-29(44)38(52-40)35-17-36(51-40)39-31(49-35)8-6-26(48-39)13-23(42)14-28-33(16-32(47-25)22(20)3)50-34(37(28)45-4)15-24(43)19-41/h20,24-39,43-44H,2-3,5-19,41H2,1,4H3/t20-,24?,25+,26?,27+,28?,29-,30?,31+,32-,33+,34?,35?,36?,37?,38?,39+,40-/m1/s1. The summed E-state index contributed by atoms with van der Waals surface area (Å²) in [5, 5.41) is 21.7. The molecule has 18 atom stereocenters. The van der Waals surface area contributed by atoms with E-state index in [0.717, 1.165) is 49.7 Å². The Morgan fingerprint density at radius 3 is 2.44 bits per heavy atom. The maximum atomic E-state index is 14.0. The Balaban J connectivity index is 1.06. The summed E-state index contributed by atoms with van der Waals surface area (Å²) >= 11 is 0. The Bertz CT molecular complexity index is 1330. The summed E-state index contributed by atoms with van der Waals surface area (Å²) < 4.78 is 52.9. The molecule has 0 amide bonds.